The fourth-order valence-electron chi connectivity index (χ4n) is 1.71. The molecule has 1 aromatic carbocycles. The molecule has 0 bridgehead atoms. The Hall–Kier alpha value is -0.930. The number of nitrogens with two attached hydrogens (primary N) is 1. The second-order valence-electron chi connectivity index (χ2n) is 5.63. The molecule has 1 aromatic heterocycles. The highest BCUT2D eigenvalue weighted by molar-refractivity contribution is 7.18. The van der Waals surface area contributed by atoms with Crippen molar-refractivity contribution in [1.29, 1.82) is 0 Å². The first-order valence-electron chi connectivity index (χ1n) is 6.03. The summed E-state index contributed by atoms with van der Waals surface area (Å²) in [5.74, 6) is 0.402. The van der Waals surface area contributed by atoms with E-state index in [1.54, 1.807) is 11.3 Å². The third kappa shape index (κ3) is 2.50. The molecule has 0 fully saturated rings. The minimum absolute atomic E-state index is 0.128. The summed E-state index contributed by atoms with van der Waals surface area (Å²) in [7, 11) is 0. The van der Waals surface area contributed by atoms with Crippen LogP contribution in [0, 0.1) is 0 Å². The predicted octanol–water partition coefficient (Wildman–Crippen LogP) is 3.66. The molecule has 0 saturated carbocycles. The van der Waals surface area contributed by atoms with E-state index in [2.05, 4.69) is 45.9 Å². The van der Waals surface area contributed by atoms with E-state index >= 15 is 0 Å². The van der Waals surface area contributed by atoms with Crippen molar-refractivity contribution >= 4 is 21.6 Å². The van der Waals surface area contributed by atoms with E-state index in [0.29, 0.717) is 12.5 Å². The van der Waals surface area contributed by atoms with Crippen LogP contribution in [-0.4, -0.2) is 11.5 Å². The lowest BCUT2D eigenvalue weighted by Gasteiger charge is -2.13. The van der Waals surface area contributed by atoms with Gasteiger partial charge in [0.1, 0.15) is 0 Å². The van der Waals surface area contributed by atoms with Gasteiger partial charge in [0.25, 0.3) is 0 Å². The molecule has 0 amide bonds. The number of benzene rings is 1. The molecule has 0 aliphatic carbocycles. The van der Waals surface area contributed by atoms with Gasteiger partial charge in [0, 0.05) is 5.41 Å². The minimum atomic E-state index is 0.128. The van der Waals surface area contributed by atoms with Gasteiger partial charge in [-0.3, -0.25) is 0 Å². The van der Waals surface area contributed by atoms with Crippen molar-refractivity contribution in [2.75, 3.05) is 6.54 Å². The van der Waals surface area contributed by atoms with Gasteiger partial charge in [0.15, 0.2) is 0 Å². The van der Waals surface area contributed by atoms with Crippen molar-refractivity contribution in [2.24, 2.45) is 5.73 Å². The molecule has 1 atom stereocenters. The molecule has 0 spiro atoms. The van der Waals surface area contributed by atoms with Crippen molar-refractivity contribution < 1.29 is 0 Å². The number of nitrogens with zero attached hydrogens (tertiary/aromatic N) is 1. The van der Waals surface area contributed by atoms with Crippen LogP contribution < -0.4 is 5.73 Å². The highest BCUT2D eigenvalue weighted by Gasteiger charge is 2.19. The maximum absolute atomic E-state index is 5.70. The third-order valence-corrected chi connectivity index (χ3v) is 4.44. The summed E-state index contributed by atoms with van der Waals surface area (Å²) in [4.78, 5) is 4.74. The van der Waals surface area contributed by atoms with E-state index < -0.39 is 0 Å². The van der Waals surface area contributed by atoms with Crippen molar-refractivity contribution in [3.05, 3.63) is 28.8 Å². The second kappa shape index (κ2) is 4.39. The normalized spacial score (nSPS) is 14.2. The fourth-order valence-corrected chi connectivity index (χ4v) is 2.71. The Morgan fingerprint density at radius 1 is 1.35 bits per heavy atom. The Kier molecular flexibility index (Phi) is 3.23. The SMILES string of the molecule is CC(CN)c1ccc2sc(C(C)(C)C)nc2c1. The van der Waals surface area contributed by atoms with E-state index in [0.717, 1.165) is 5.52 Å². The molecule has 0 aliphatic rings. The van der Waals surface area contributed by atoms with Gasteiger partial charge in [0.2, 0.25) is 0 Å². The zero-order chi connectivity index (χ0) is 12.6. The summed E-state index contributed by atoms with van der Waals surface area (Å²) in [6, 6.07) is 6.52. The van der Waals surface area contributed by atoms with E-state index in [1.807, 2.05) is 0 Å². The molecule has 2 aromatic rings. The molecule has 0 saturated heterocycles. The standard InChI is InChI=1S/C14H20N2S/c1-9(8-15)10-5-6-12-11(7-10)16-13(17-12)14(2,3)4/h5-7,9H,8,15H2,1-4H3. The van der Waals surface area contributed by atoms with Crippen LogP contribution in [0.2, 0.25) is 0 Å². The summed E-state index contributed by atoms with van der Waals surface area (Å²) in [5.41, 5.74) is 8.23. The summed E-state index contributed by atoms with van der Waals surface area (Å²) in [5, 5.41) is 1.20. The van der Waals surface area contributed by atoms with Crippen molar-refractivity contribution in [3.63, 3.8) is 0 Å². The number of hydrogen-bond donors (Lipinski definition) is 1. The van der Waals surface area contributed by atoms with Gasteiger partial charge in [-0.25, -0.2) is 4.98 Å². The monoisotopic (exact) mass is 248 g/mol. The van der Waals surface area contributed by atoms with Gasteiger partial charge in [-0.05, 0) is 30.2 Å². The molecule has 2 N–H and O–H groups in total. The molecule has 92 valence electrons. The van der Waals surface area contributed by atoms with Gasteiger partial charge < -0.3 is 5.73 Å². The molecule has 3 heteroatoms. The predicted molar refractivity (Wildman–Crippen MR) is 75.8 cm³/mol. The summed E-state index contributed by atoms with van der Waals surface area (Å²) in [6.45, 7) is 9.44. The molecule has 1 heterocycles. The van der Waals surface area contributed by atoms with Crippen molar-refractivity contribution in [2.45, 2.75) is 39.0 Å². The zero-order valence-corrected chi connectivity index (χ0v) is 11.8. The first-order valence-corrected chi connectivity index (χ1v) is 6.84. The molecule has 0 radical (unpaired) electrons. The highest BCUT2D eigenvalue weighted by Crippen LogP contribution is 2.32. The molecule has 2 nitrogen and oxygen atoms in total. The topological polar surface area (TPSA) is 38.9 Å². The van der Waals surface area contributed by atoms with Crippen LogP contribution in [0.15, 0.2) is 18.2 Å². The number of thiazole rings is 1. The molecule has 1 unspecified atom stereocenters. The number of rotatable bonds is 2. The molecular formula is C14H20N2S. The van der Waals surface area contributed by atoms with Crippen molar-refractivity contribution in [3.8, 4) is 0 Å². The van der Waals surface area contributed by atoms with E-state index in [9.17, 15) is 0 Å². The Balaban J connectivity index is 2.48. The molecule has 2 rings (SSSR count). The van der Waals surface area contributed by atoms with Gasteiger partial charge in [-0.15, -0.1) is 11.3 Å². The first kappa shape index (κ1) is 12.5. The fraction of sp³-hybridized carbons (Fsp3) is 0.500. The molecule has 0 aliphatic heterocycles. The van der Waals surface area contributed by atoms with E-state index in [-0.39, 0.29) is 5.41 Å². The molecule has 17 heavy (non-hydrogen) atoms. The van der Waals surface area contributed by atoms with Gasteiger partial charge in [0.05, 0.1) is 15.2 Å². The summed E-state index contributed by atoms with van der Waals surface area (Å²) >= 11 is 1.79. The third-order valence-electron chi connectivity index (χ3n) is 2.98. The lowest BCUT2D eigenvalue weighted by molar-refractivity contribution is 0.587. The van der Waals surface area contributed by atoms with Crippen molar-refractivity contribution in [1.82, 2.24) is 4.98 Å². The second-order valence-corrected chi connectivity index (χ2v) is 6.66. The van der Waals surface area contributed by atoms with Crippen LogP contribution in [0.25, 0.3) is 10.2 Å². The van der Waals surface area contributed by atoms with E-state index in [1.165, 1.54) is 15.3 Å². The lowest BCUT2D eigenvalue weighted by Crippen LogP contribution is -2.10. The Labute approximate surface area is 107 Å². The Bertz CT molecular complexity index is 522. The Morgan fingerprint density at radius 2 is 2.06 bits per heavy atom. The zero-order valence-electron chi connectivity index (χ0n) is 10.9. The van der Waals surface area contributed by atoms with Crippen LogP contribution in [0.3, 0.4) is 0 Å². The summed E-state index contributed by atoms with van der Waals surface area (Å²) in [6.07, 6.45) is 0. The number of hydrogen-bond acceptors (Lipinski definition) is 3. The number of fused-ring (bicyclic) bond motifs is 1. The van der Waals surface area contributed by atoms with Gasteiger partial charge >= 0.3 is 0 Å². The maximum atomic E-state index is 5.70. The van der Waals surface area contributed by atoms with Crippen LogP contribution in [0.5, 0.6) is 0 Å². The lowest BCUT2D eigenvalue weighted by atomic mass is 9.98. The van der Waals surface area contributed by atoms with Gasteiger partial charge in [-0.1, -0.05) is 33.8 Å². The van der Waals surface area contributed by atoms with Gasteiger partial charge in [-0.2, -0.15) is 0 Å². The summed E-state index contributed by atoms with van der Waals surface area (Å²) < 4.78 is 1.27. The van der Waals surface area contributed by atoms with Crippen LogP contribution in [0.1, 0.15) is 44.2 Å². The Morgan fingerprint density at radius 3 is 2.65 bits per heavy atom. The average Bonchev–Trinajstić information content (AvgIpc) is 2.70. The van der Waals surface area contributed by atoms with Crippen LogP contribution in [-0.2, 0) is 5.41 Å². The smallest absolute Gasteiger partial charge is 0.0992 e. The van der Waals surface area contributed by atoms with E-state index in [4.69, 9.17) is 10.7 Å². The van der Waals surface area contributed by atoms with Crippen LogP contribution >= 0.6 is 11.3 Å². The average molecular weight is 248 g/mol. The largest absolute Gasteiger partial charge is 0.330 e. The van der Waals surface area contributed by atoms with Crippen LogP contribution in [0.4, 0.5) is 0 Å². The first-order chi connectivity index (χ1) is 7.91. The molecular weight excluding hydrogens is 228 g/mol. The minimum Gasteiger partial charge on any atom is -0.330 e. The highest BCUT2D eigenvalue weighted by atomic mass is 32.1. The maximum Gasteiger partial charge on any atom is 0.0992 e. The quantitative estimate of drug-likeness (QED) is 0.881. The number of aromatic nitrogens is 1.